The van der Waals surface area contributed by atoms with Gasteiger partial charge in [0.2, 0.25) is 0 Å². The highest BCUT2D eigenvalue weighted by Gasteiger charge is 2.29. The molecule has 0 saturated carbocycles. The first kappa shape index (κ1) is 18.9. The van der Waals surface area contributed by atoms with E-state index >= 15 is 0 Å². The lowest BCUT2D eigenvalue weighted by Gasteiger charge is -2.36. The summed E-state index contributed by atoms with van der Waals surface area (Å²) in [6.45, 7) is 6.87. The second kappa shape index (κ2) is 8.31. The highest BCUT2D eigenvalue weighted by atomic mass is 16.2. The van der Waals surface area contributed by atoms with Gasteiger partial charge in [-0.25, -0.2) is 4.98 Å². The lowest BCUT2D eigenvalue weighted by Crippen LogP contribution is -2.45. The fraction of sp³-hybridized carbons (Fsp3) is 0.478. The van der Waals surface area contributed by atoms with E-state index in [1.165, 1.54) is 11.1 Å². The molecule has 0 unspecified atom stereocenters. The van der Waals surface area contributed by atoms with Gasteiger partial charge in [-0.05, 0) is 50.9 Å². The quantitative estimate of drug-likeness (QED) is 0.819. The number of benzene rings is 1. The van der Waals surface area contributed by atoms with Gasteiger partial charge in [-0.15, -0.1) is 0 Å². The minimum Gasteiger partial charge on any atom is -0.354 e. The normalized spacial score (nSPS) is 21.0. The Bertz CT molecular complexity index is 812. The minimum absolute atomic E-state index is 0.0567. The molecule has 0 N–H and O–H groups in total. The number of carbonyl (C=O) groups excluding carboxylic acids is 1. The molecule has 1 atom stereocenters. The number of pyridine rings is 1. The van der Waals surface area contributed by atoms with Gasteiger partial charge in [0.25, 0.3) is 5.91 Å². The number of hydrogen-bond donors (Lipinski definition) is 0. The molecule has 0 aliphatic carbocycles. The number of piperidine rings is 1. The summed E-state index contributed by atoms with van der Waals surface area (Å²) in [6.07, 6.45) is 3.25. The summed E-state index contributed by atoms with van der Waals surface area (Å²) in [4.78, 5) is 24.8. The number of carbonyl (C=O) groups is 1. The maximum Gasteiger partial charge on any atom is 0.273 e. The van der Waals surface area contributed by atoms with Gasteiger partial charge in [0.15, 0.2) is 0 Å². The Hall–Kier alpha value is -2.40. The van der Waals surface area contributed by atoms with Crippen molar-refractivity contribution in [1.82, 2.24) is 14.8 Å². The van der Waals surface area contributed by atoms with Gasteiger partial charge in [0, 0.05) is 32.7 Å². The first-order valence-corrected chi connectivity index (χ1v) is 10.4. The number of rotatable bonds is 3. The molecule has 1 aromatic carbocycles. The van der Waals surface area contributed by atoms with Crippen LogP contribution < -0.4 is 4.90 Å². The topological polar surface area (TPSA) is 39.7 Å². The molecule has 0 spiro atoms. The Kier molecular flexibility index (Phi) is 5.62. The SMILES string of the molecule is Cc1ccc([C@H]2CCCCN2C(=O)c2cccc(N3CCN(C)CC3)n2)cc1. The maximum atomic E-state index is 13.4. The number of likely N-dealkylation sites (N-methyl/N-ethyl adjacent to an activating group) is 1. The van der Waals surface area contributed by atoms with E-state index in [2.05, 4.69) is 48.0 Å². The van der Waals surface area contributed by atoms with E-state index in [-0.39, 0.29) is 11.9 Å². The molecule has 28 heavy (non-hydrogen) atoms. The molecule has 4 rings (SSSR count). The molecule has 2 saturated heterocycles. The second-order valence-corrected chi connectivity index (χ2v) is 8.09. The molecule has 1 amide bonds. The van der Waals surface area contributed by atoms with Crippen molar-refractivity contribution in [2.24, 2.45) is 0 Å². The summed E-state index contributed by atoms with van der Waals surface area (Å²) < 4.78 is 0. The highest BCUT2D eigenvalue weighted by molar-refractivity contribution is 5.93. The van der Waals surface area contributed by atoms with Crippen LogP contribution in [0.2, 0.25) is 0 Å². The molecular formula is C23H30N4O. The predicted octanol–water partition coefficient (Wildman–Crippen LogP) is 3.51. The molecule has 0 radical (unpaired) electrons. The fourth-order valence-electron chi connectivity index (χ4n) is 4.21. The van der Waals surface area contributed by atoms with Crippen molar-refractivity contribution in [3.05, 3.63) is 59.3 Å². The van der Waals surface area contributed by atoms with E-state index < -0.39 is 0 Å². The van der Waals surface area contributed by atoms with Crippen LogP contribution in [0.15, 0.2) is 42.5 Å². The number of anilines is 1. The third-order valence-electron chi connectivity index (χ3n) is 6.01. The molecular weight excluding hydrogens is 348 g/mol. The lowest BCUT2D eigenvalue weighted by molar-refractivity contribution is 0.0605. The molecule has 148 valence electrons. The summed E-state index contributed by atoms with van der Waals surface area (Å²) in [5.41, 5.74) is 3.04. The van der Waals surface area contributed by atoms with Crippen LogP contribution in [0.25, 0.3) is 0 Å². The standard InChI is InChI=1S/C23H30N4O/c1-18-9-11-19(12-10-18)21-7-3-4-13-27(21)23(28)20-6-5-8-22(24-20)26-16-14-25(2)15-17-26/h5-6,8-12,21H,3-4,7,13-17H2,1-2H3/t21-/m1/s1. The van der Waals surface area contributed by atoms with Crippen LogP contribution in [-0.2, 0) is 0 Å². The number of likely N-dealkylation sites (tertiary alicyclic amines) is 1. The number of amides is 1. The predicted molar refractivity (Wildman–Crippen MR) is 113 cm³/mol. The Morgan fingerprint density at radius 1 is 0.964 bits per heavy atom. The lowest BCUT2D eigenvalue weighted by atomic mass is 9.94. The van der Waals surface area contributed by atoms with Crippen LogP contribution in [-0.4, -0.2) is 60.5 Å². The number of aryl methyl sites for hydroxylation is 1. The first-order chi connectivity index (χ1) is 13.6. The molecule has 2 aliphatic heterocycles. The zero-order chi connectivity index (χ0) is 19.5. The van der Waals surface area contributed by atoms with Crippen LogP contribution in [0.5, 0.6) is 0 Å². The molecule has 2 fully saturated rings. The van der Waals surface area contributed by atoms with Crippen LogP contribution in [0.1, 0.15) is 46.9 Å². The van der Waals surface area contributed by atoms with Crippen LogP contribution >= 0.6 is 0 Å². The van der Waals surface area contributed by atoms with Gasteiger partial charge < -0.3 is 14.7 Å². The van der Waals surface area contributed by atoms with Gasteiger partial charge in [0.05, 0.1) is 6.04 Å². The van der Waals surface area contributed by atoms with Crippen LogP contribution in [0.4, 0.5) is 5.82 Å². The van der Waals surface area contributed by atoms with Gasteiger partial charge in [-0.2, -0.15) is 0 Å². The number of nitrogens with zero attached hydrogens (tertiary/aromatic N) is 4. The molecule has 2 aliphatic rings. The van der Waals surface area contributed by atoms with Crippen molar-refractivity contribution < 1.29 is 4.79 Å². The van der Waals surface area contributed by atoms with Gasteiger partial charge in [0.1, 0.15) is 11.5 Å². The van der Waals surface area contributed by atoms with Crippen molar-refractivity contribution in [3.63, 3.8) is 0 Å². The second-order valence-electron chi connectivity index (χ2n) is 8.09. The minimum atomic E-state index is 0.0567. The largest absolute Gasteiger partial charge is 0.354 e. The van der Waals surface area contributed by atoms with Gasteiger partial charge in [-0.3, -0.25) is 4.79 Å². The summed E-state index contributed by atoms with van der Waals surface area (Å²) in [7, 11) is 2.15. The molecule has 5 nitrogen and oxygen atoms in total. The average Bonchev–Trinajstić information content (AvgIpc) is 2.74. The first-order valence-electron chi connectivity index (χ1n) is 10.4. The third kappa shape index (κ3) is 4.04. The van der Waals surface area contributed by atoms with E-state index in [0.29, 0.717) is 5.69 Å². The van der Waals surface area contributed by atoms with E-state index in [1.807, 2.05) is 23.1 Å². The molecule has 0 bridgehead atoms. The monoisotopic (exact) mass is 378 g/mol. The Balaban J connectivity index is 1.55. The number of hydrogen-bond acceptors (Lipinski definition) is 4. The van der Waals surface area contributed by atoms with Crippen molar-refractivity contribution in [2.75, 3.05) is 44.7 Å². The molecule has 3 heterocycles. The van der Waals surface area contributed by atoms with Crippen LogP contribution in [0, 0.1) is 6.92 Å². The van der Waals surface area contributed by atoms with E-state index in [1.54, 1.807) is 0 Å². The Morgan fingerprint density at radius 2 is 1.71 bits per heavy atom. The molecule has 1 aromatic heterocycles. The Labute approximate surface area is 168 Å². The fourth-order valence-corrected chi connectivity index (χ4v) is 4.21. The van der Waals surface area contributed by atoms with E-state index in [9.17, 15) is 4.79 Å². The van der Waals surface area contributed by atoms with Gasteiger partial charge >= 0.3 is 0 Å². The zero-order valence-corrected chi connectivity index (χ0v) is 17.0. The third-order valence-corrected chi connectivity index (χ3v) is 6.01. The summed E-state index contributed by atoms with van der Waals surface area (Å²) in [5, 5.41) is 0. The van der Waals surface area contributed by atoms with Crippen molar-refractivity contribution >= 4 is 11.7 Å². The zero-order valence-electron chi connectivity index (χ0n) is 17.0. The highest BCUT2D eigenvalue weighted by Crippen LogP contribution is 2.32. The Morgan fingerprint density at radius 3 is 2.46 bits per heavy atom. The maximum absolute atomic E-state index is 13.4. The molecule has 5 heteroatoms. The molecule has 2 aromatic rings. The van der Waals surface area contributed by atoms with E-state index in [0.717, 1.165) is 57.8 Å². The van der Waals surface area contributed by atoms with Crippen molar-refractivity contribution in [1.29, 1.82) is 0 Å². The number of aromatic nitrogens is 1. The summed E-state index contributed by atoms with van der Waals surface area (Å²) in [5.74, 6) is 0.976. The smallest absolute Gasteiger partial charge is 0.273 e. The van der Waals surface area contributed by atoms with Gasteiger partial charge in [-0.1, -0.05) is 35.9 Å². The summed E-state index contributed by atoms with van der Waals surface area (Å²) >= 11 is 0. The van der Waals surface area contributed by atoms with Crippen LogP contribution in [0.3, 0.4) is 0 Å². The van der Waals surface area contributed by atoms with E-state index in [4.69, 9.17) is 4.98 Å². The van der Waals surface area contributed by atoms with Crippen molar-refractivity contribution in [2.45, 2.75) is 32.2 Å². The average molecular weight is 379 g/mol. The number of piperazine rings is 1. The summed E-state index contributed by atoms with van der Waals surface area (Å²) in [6, 6.07) is 14.6. The van der Waals surface area contributed by atoms with Crippen molar-refractivity contribution in [3.8, 4) is 0 Å².